The molecule has 3 rings (SSSR count). The highest BCUT2D eigenvalue weighted by Gasteiger charge is 2.11. The number of aromatic amines is 1. The SMILES string of the molecule is COc1ccc2[nH]c3ccc([N+]#N)cc3c(=O)c2c1. The van der Waals surface area contributed by atoms with Crippen LogP contribution in [0.3, 0.4) is 0 Å². The number of H-pyrrole nitrogens is 1. The summed E-state index contributed by atoms with van der Waals surface area (Å²) in [6.45, 7) is 0. The van der Waals surface area contributed by atoms with Gasteiger partial charge < -0.3 is 9.72 Å². The molecular weight excluding hydrogens is 242 g/mol. The second kappa shape index (κ2) is 4.10. The maximum absolute atomic E-state index is 12.4. The first kappa shape index (κ1) is 11.2. The summed E-state index contributed by atoms with van der Waals surface area (Å²) >= 11 is 0. The van der Waals surface area contributed by atoms with Gasteiger partial charge in [-0.25, -0.2) is 0 Å². The fourth-order valence-electron chi connectivity index (χ4n) is 2.13. The van der Waals surface area contributed by atoms with Crippen LogP contribution < -0.4 is 10.2 Å². The zero-order valence-corrected chi connectivity index (χ0v) is 10.2. The van der Waals surface area contributed by atoms with Crippen molar-refractivity contribution >= 4 is 27.5 Å². The summed E-state index contributed by atoms with van der Waals surface area (Å²) in [7, 11) is 1.55. The molecular formula is C14H10N3O2+. The molecule has 2 aromatic carbocycles. The molecule has 3 aromatic rings. The average molecular weight is 252 g/mol. The molecule has 0 atom stereocenters. The van der Waals surface area contributed by atoms with E-state index in [9.17, 15) is 4.79 Å². The van der Waals surface area contributed by atoms with Crippen LogP contribution >= 0.6 is 0 Å². The first-order valence-corrected chi connectivity index (χ1v) is 5.72. The second-order valence-corrected chi connectivity index (χ2v) is 4.20. The maximum atomic E-state index is 12.4. The summed E-state index contributed by atoms with van der Waals surface area (Å²) in [5.41, 5.74) is 1.68. The maximum Gasteiger partial charge on any atom is 0.385 e. The van der Waals surface area contributed by atoms with Crippen LogP contribution in [0.5, 0.6) is 5.75 Å². The van der Waals surface area contributed by atoms with Crippen LogP contribution in [-0.4, -0.2) is 12.1 Å². The lowest BCUT2D eigenvalue weighted by atomic mass is 10.1. The monoisotopic (exact) mass is 252 g/mol. The van der Waals surface area contributed by atoms with Crippen molar-refractivity contribution in [3.63, 3.8) is 0 Å². The number of nitrogens with one attached hydrogen (secondary N) is 1. The van der Waals surface area contributed by atoms with E-state index >= 15 is 0 Å². The van der Waals surface area contributed by atoms with Crippen molar-refractivity contribution in [1.29, 1.82) is 5.39 Å². The molecule has 19 heavy (non-hydrogen) atoms. The normalized spacial score (nSPS) is 10.5. The molecule has 1 N–H and O–H groups in total. The van der Waals surface area contributed by atoms with Crippen molar-refractivity contribution in [3.05, 3.63) is 51.6 Å². The van der Waals surface area contributed by atoms with E-state index in [1.807, 2.05) is 0 Å². The van der Waals surface area contributed by atoms with Gasteiger partial charge in [0.15, 0.2) is 10.4 Å². The Balaban J connectivity index is 2.47. The first-order valence-electron chi connectivity index (χ1n) is 5.72. The minimum absolute atomic E-state index is 0.117. The smallest absolute Gasteiger partial charge is 0.385 e. The Morgan fingerprint density at radius 3 is 2.47 bits per heavy atom. The summed E-state index contributed by atoms with van der Waals surface area (Å²) in [5, 5.41) is 9.80. The van der Waals surface area contributed by atoms with E-state index in [2.05, 4.69) is 9.96 Å². The van der Waals surface area contributed by atoms with Crippen molar-refractivity contribution in [1.82, 2.24) is 4.98 Å². The number of diazo groups is 1. The number of aromatic nitrogens is 1. The van der Waals surface area contributed by atoms with Gasteiger partial charge in [-0.15, -0.1) is 0 Å². The van der Waals surface area contributed by atoms with E-state index in [0.29, 0.717) is 27.7 Å². The van der Waals surface area contributed by atoms with E-state index < -0.39 is 0 Å². The van der Waals surface area contributed by atoms with Crippen LogP contribution in [0.15, 0.2) is 41.2 Å². The topological polar surface area (TPSA) is 70.2 Å². The van der Waals surface area contributed by atoms with Crippen molar-refractivity contribution in [2.45, 2.75) is 0 Å². The van der Waals surface area contributed by atoms with Crippen LogP contribution in [0.1, 0.15) is 0 Å². The fraction of sp³-hybridized carbons (Fsp3) is 0.0714. The summed E-state index contributed by atoms with van der Waals surface area (Å²) in [6, 6.07) is 10.2. The molecule has 0 unspecified atom stereocenters. The van der Waals surface area contributed by atoms with Crippen LogP contribution in [0.2, 0.25) is 0 Å². The number of rotatable bonds is 1. The summed E-state index contributed by atoms with van der Waals surface area (Å²) < 4.78 is 5.12. The number of benzene rings is 2. The number of fused-ring (bicyclic) bond motifs is 2. The Labute approximate surface area is 108 Å². The van der Waals surface area contributed by atoms with Gasteiger partial charge in [-0.05, 0) is 24.3 Å². The molecule has 0 aliphatic carbocycles. The lowest BCUT2D eigenvalue weighted by Crippen LogP contribution is -2.04. The molecule has 1 heterocycles. The zero-order valence-electron chi connectivity index (χ0n) is 10.2. The molecule has 0 amide bonds. The van der Waals surface area contributed by atoms with E-state index in [-0.39, 0.29) is 5.43 Å². The Bertz CT molecular complexity index is 891. The highest BCUT2D eigenvalue weighted by Crippen LogP contribution is 2.22. The predicted molar refractivity (Wildman–Crippen MR) is 73.4 cm³/mol. The highest BCUT2D eigenvalue weighted by molar-refractivity contribution is 5.94. The van der Waals surface area contributed by atoms with E-state index in [0.717, 1.165) is 5.52 Å². The van der Waals surface area contributed by atoms with Gasteiger partial charge in [-0.3, -0.25) is 4.79 Å². The second-order valence-electron chi connectivity index (χ2n) is 4.20. The van der Waals surface area contributed by atoms with Gasteiger partial charge in [0.2, 0.25) is 5.39 Å². The Kier molecular flexibility index (Phi) is 2.43. The fourth-order valence-corrected chi connectivity index (χ4v) is 2.13. The molecule has 5 heteroatoms. The Morgan fingerprint density at radius 1 is 1.11 bits per heavy atom. The first-order chi connectivity index (χ1) is 9.22. The molecule has 0 saturated carbocycles. The lowest BCUT2D eigenvalue weighted by molar-refractivity contribution is 0.415. The molecule has 1 aromatic heterocycles. The quantitative estimate of drug-likeness (QED) is 0.534. The number of pyridine rings is 1. The van der Waals surface area contributed by atoms with E-state index in [1.165, 1.54) is 0 Å². The zero-order chi connectivity index (χ0) is 13.4. The van der Waals surface area contributed by atoms with Gasteiger partial charge in [-0.1, -0.05) is 0 Å². The summed E-state index contributed by atoms with van der Waals surface area (Å²) in [6.07, 6.45) is 0. The van der Waals surface area contributed by atoms with Gasteiger partial charge in [-0.2, -0.15) is 0 Å². The third-order valence-corrected chi connectivity index (χ3v) is 3.10. The van der Waals surface area contributed by atoms with Crippen molar-refractivity contribution in [2.24, 2.45) is 0 Å². The van der Waals surface area contributed by atoms with Crippen LogP contribution in [0.4, 0.5) is 5.69 Å². The number of nitrogens with zero attached hydrogens (tertiary/aromatic N) is 2. The van der Waals surface area contributed by atoms with Crippen molar-refractivity contribution in [3.8, 4) is 5.75 Å². The molecule has 0 radical (unpaired) electrons. The largest absolute Gasteiger partial charge is 0.497 e. The van der Waals surface area contributed by atoms with Crippen molar-refractivity contribution in [2.75, 3.05) is 7.11 Å². The van der Waals surface area contributed by atoms with Gasteiger partial charge in [0.1, 0.15) is 5.75 Å². The van der Waals surface area contributed by atoms with Crippen LogP contribution in [0.25, 0.3) is 26.8 Å². The Hall–Kier alpha value is -2.87. The number of methoxy groups -OCH3 is 1. The van der Waals surface area contributed by atoms with Crippen molar-refractivity contribution < 1.29 is 4.74 Å². The van der Waals surface area contributed by atoms with Crippen LogP contribution in [0, 0.1) is 5.39 Å². The third kappa shape index (κ3) is 1.70. The van der Waals surface area contributed by atoms with E-state index in [4.69, 9.17) is 10.1 Å². The van der Waals surface area contributed by atoms with Crippen LogP contribution in [-0.2, 0) is 0 Å². The third-order valence-electron chi connectivity index (χ3n) is 3.10. The number of hydrogen-bond acceptors (Lipinski definition) is 3. The van der Waals surface area contributed by atoms with Gasteiger partial charge in [0.25, 0.3) is 0 Å². The summed E-state index contributed by atoms with van der Waals surface area (Å²) in [5.74, 6) is 0.625. The summed E-state index contributed by atoms with van der Waals surface area (Å²) in [4.78, 5) is 18.7. The predicted octanol–water partition coefficient (Wildman–Crippen LogP) is 3.17. The van der Waals surface area contributed by atoms with Gasteiger partial charge in [0.05, 0.1) is 23.5 Å². The molecule has 0 bridgehead atoms. The molecule has 0 spiro atoms. The van der Waals surface area contributed by atoms with Gasteiger partial charge in [0, 0.05) is 17.5 Å². The molecule has 0 fully saturated rings. The lowest BCUT2D eigenvalue weighted by Gasteiger charge is -2.04. The molecule has 92 valence electrons. The minimum Gasteiger partial charge on any atom is -0.497 e. The molecule has 5 nitrogen and oxygen atoms in total. The van der Waals surface area contributed by atoms with Gasteiger partial charge >= 0.3 is 5.69 Å². The molecule has 0 aliphatic heterocycles. The Morgan fingerprint density at radius 2 is 1.79 bits per heavy atom. The standard InChI is InChI=1S/C14H9N3O2/c1-19-9-3-5-13-11(7-9)14(18)10-6-8(17-15)2-4-12(10)16-13/h2-7H,1H3/p+1. The minimum atomic E-state index is -0.117. The average Bonchev–Trinajstić information content (AvgIpc) is 2.47. The molecule has 0 saturated heterocycles. The van der Waals surface area contributed by atoms with E-state index in [1.54, 1.807) is 43.5 Å². The highest BCUT2D eigenvalue weighted by atomic mass is 16.5. The number of ether oxygens (including phenoxy) is 1. The number of hydrogen-bond donors (Lipinski definition) is 1. The molecule has 0 aliphatic rings.